The van der Waals surface area contributed by atoms with E-state index in [1.165, 1.54) is 11.3 Å². The molecule has 1 aromatic carbocycles. The number of benzene rings is 1. The number of aromatic nitrogens is 1. The first kappa shape index (κ1) is 24.4. The van der Waals surface area contributed by atoms with Crippen LogP contribution in [0.3, 0.4) is 0 Å². The second-order valence-corrected chi connectivity index (χ2v) is 11.2. The number of esters is 1. The van der Waals surface area contributed by atoms with Crippen molar-refractivity contribution in [3.05, 3.63) is 35.7 Å². The standard InChI is InChI=1S/C23H30N2O5S2/c1-2-3-4-8-12-25(23-24-20(16-31-23)19-9-6-5-7-10-19)21(26)15-30-22(27)14-18-11-13-32(28,29)17-18/h5-7,9-10,16,18H,2-4,8,11-15,17H2,1H3. The van der Waals surface area contributed by atoms with Crippen LogP contribution in [0.25, 0.3) is 11.3 Å². The van der Waals surface area contributed by atoms with Crippen LogP contribution in [-0.4, -0.2) is 49.9 Å². The number of sulfone groups is 1. The van der Waals surface area contributed by atoms with Crippen molar-refractivity contribution in [2.75, 3.05) is 29.6 Å². The minimum atomic E-state index is -3.05. The van der Waals surface area contributed by atoms with Gasteiger partial charge in [-0.25, -0.2) is 13.4 Å². The molecule has 1 fully saturated rings. The Balaban J connectivity index is 1.61. The van der Waals surface area contributed by atoms with Gasteiger partial charge in [-0.3, -0.25) is 14.5 Å². The van der Waals surface area contributed by atoms with Crippen LogP contribution >= 0.6 is 11.3 Å². The average molecular weight is 479 g/mol. The SMILES string of the molecule is CCCCCCN(C(=O)COC(=O)CC1CCS(=O)(=O)C1)c1nc(-c2ccccc2)cs1. The highest BCUT2D eigenvalue weighted by Gasteiger charge is 2.30. The largest absolute Gasteiger partial charge is 0.456 e. The molecule has 0 radical (unpaired) electrons. The molecule has 2 aromatic rings. The van der Waals surface area contributed by atoms with E-state index in [1.807, 2.05) is 35.7 Å². The molecule has 0 bridgehead atoms. The normalized spacial score (nSPS) is 17.2. The van der Waals surface area contributed by atoms with Gasteiger partial charge in [-0.05, 0) is 18.8 Å². The maximum atomic E-state index is 12.9. The van der Waals surface area contributed by atoms with Gasteiger partial charge in [0.1, 0.15) is 0 Å². The van der Waals surface area contributed by atoms with Crippen molar-refractivity contribution in [3.63, 3.8) is 0 Å². The predicted octanol–water partition coefficient (Wildman–Crippen LogP) is 4.09. The zero-order valence-electron chi connectivity index (χ0n) is 18.4. The monoisotopic (exact) mass is 478 g/mol. The van der Waals surface area contributed by atoms with Gasteiger partial charge in [-0.1, -0.05) is 56.5 Å². The topological polar surface area (TPSA) is 93.6 Å². The number of amides is 1. The lowest BCUT2D eigenvalue weighted by molar-refractivity contribution is -0.148. The predicted molar refractivity (Wildman–Crippen MR) is 126 cm³/mol. The number of carbonyl (C=O) groups excluding carboxylic acids is 2. The molecule has 1 unspecified atom stereocenters. The summed E-state index contributed by atoms with van der Waals surface area (Å²) in [4.78, 5) is 31.3. The minimum Gasteiger partial charge on any atom is -0.456 e. The van der Waals surface area contributed by atoms with Crippen molar-refractivity contribution >= 4 is 38.2 Å². The Morgan fingerprint density at radius 3 is 2.66 bits per heavy atom. The highest BCUT2D eigenvalue weighted by atomic mass is 32.2. The van der Waals surface area contributed by atoms with Crippen molar-refractivity contribution in [1.82, 2.24) is 4.98 Å². The van der Waals surface area contributed by atoms with Crippen LogP contribution in [0.5, 0.6) is 0 Å². The van der Waals surface area contributed by atoms with E-state index in [1.54, 1.807) is 4.90 Å². The number of hydrogen-bond donors (Lipinski definition) is 0. The van der Waals surface area contributed by atoms with Crippen LogP contribution in [0.15, 0.2) is 35.7 Å². The second kappa shape index (κ2) is 11.6. The Morgan fingerprint density at radius 1 is 1.19 bits per heavy atom. The third kappa shape index (κ3) is 7.13. The summed E-state index contributed by atoms with van der Waals surface area (Å²) in [6.45, 7) is 2.27. The van der Waals surface area contributed by atoms with Crippen molar-refractivity contribution in [2.24, 2.45) is 5.92 Å². The van der Waals surface area contributed by atoms with Gasteiger partial charge in [-0.15, -0.1) is 11.3 Å². The summed E-state index contributed by atoms with van der Waals surface area (Å²) in [5.74, 6) is -0.942. The summed E-state index contributed by atoms with van der Waals surface area (Å²) in [5.41, 5.74) is 1.78. The molecule has 1 saturated heterocycles. The molecular formula is C23H30N2O5S2. The number of thiazole rings is 1. The van der Waals surface area contributed by atoms with Crippen molar-refractivity contribution < 1.29 is 22.7 Å². The minimum absolute atomic E-state index is 0.0149. The third-order valence-electron chi connectivity index (χ3n) is 5.47. The molecule has 0 saturated carbocycles. The fourth-order valence-corrected chi connectivity index (χ4v) is 6.44. The van der Waals surface area contributed by atoms with E-state index in [2.05, 4.69) is 11.9 Å². The number of nitrogens with zero attached hydrogens (tertiary/aromatic N) is 2. The van der Waals surface area contributed by atoms with Crippen LogP contribution in [0, 0.1) is 5.92 Å². The zero-order chi connectivity index (χ0) is 23.0. The molecule has 1 aliphatic heterocycles. The van der Waals surface area contributed by atoms with Crippen LogP contribution < -0.4 is 4.90 Å². The molecule has 1 aliphatic rings. The maximum Gasteiger partial charge on any atom is 0.306 e. The molecule has 3 rings (SSSR count). The van der Waals surface area contributed by atoms with Crippen molar-refractivity contribution in [1.29, 1.82) is 0 Å². The van der Waals surface area contributed by atoms with Gasteiger partial charge in [0.25, 0.3) is 5.91 Å². The van der Waals surface area contributed by atoms with Gasteiger partial charge in [0, 0.05) is 23.9 Å². The van der Waals surface area contributed by atoms with Crippen LogP contribution in [0.4, 0.5) is 5.13 Å². The summed E-state index contributed by atoms with van der Waals surface area (Å²) in [6, 6.07) is 9.76. The number of carbonyl (C=O) groups is 2. The van der Waals surface area contributed by atoms with E-state index in [9.17, 15) is 18.0 Å². The molecule has 0 N–H and O–H groups in total. The first-order valence-corrected chi connectivity index (χ1v) is 13.8. The Hall–Kier alpha value is -2.26. The van der Waals surface area contributed by atoms with Gasteiger partial charge in [-0.2, -0.15) is 0 Å². The number of anilines is 1. The van der Waals surface area contributed by atoms with E-state index in [0.29, 0.717) is 18.1 Å². The first-order chi connectivity index (χ1) is 15.4. The Kier molecular flexibility index (Phi) is 8.81. The molecule has 1 amide bonds. The summed E-state index contributed by atoms with van der Waals surface area (Å²) in [6.07, 6.45) is 4.53. The molecule has 32 heavy (non-hydrogen) atoms. The van der Waals surface area contributed by atoms with Crippen LogP contribution in [-0.2, 0) is 24.2 Å². The molecule has 0 aliphatic carbocycles. The van der Waals surface area contributed by atoms with Crippen molar-refractivity contribution in [2.45, 2.75) is 45.4 Å². The van der Waals surface area contributed by atoms with Crippen molar-refractivity contribution in [3.8, 4) is 11.3 Å². The lowest BCUT2D eigenvalue weighted by Gasteiger charge is -2.20. The van der Waals surface area contributed by atoms with E-state index in [0.717, 1.165) is 36.9 Å². The van der Waals surface area contributed by atoms with Gasteiger partial charge in [0.2, 0.25) is 0 Å². The van der Waals surface area contributed by atoms with Crippen LogP contribution in [0.2, 0.25) is 0 Å². The summed E-state index contributed by atoms with van der Waals surface area (Å²) < 4.78 is 28.3. The second-order valence-electron chi connectivity index (χ2n) is 8.12. The summed E-state index contributed by atoms with van der Waals surface area (Å²) in [5, 5.41) is 2.51. The van der Waals surface area contributed by atoms with Gasteiger partial charge < -0.3 is 4.74 Å². The quantitative estimate of drug-likeness (QED) is 0.357. The van der Waals surface area contributed by atoms with Gasteiger partial charge in [0.05, 0.1) is 17.2 Å². The number of rotatable bonds is 11. The Bertz CT molecular complexity index is 1000. The smallest absolute Gasteiger partial charge is 0.306 e. The summed E-state index contributed by atoms with van der Waals surface area (Å²) in [7, 11) is -3.05. The molecule has 9 heteroatoms. The van der Waals surface area contributed by atoms with E-state index >= 15 is 0 Å². The lowest BCUT2D eigenvalue weighted by Crippen LogP contribution is -2.35. The number of ether oxygens (including phenoxy) is 1. The third-order valence-corrected chi connectivity index (χ3v) is 8.17. The lowest BCUT2D eigenvalue weighted by atomic mass is 10.1. The molecule has 1 atom stereocenters. The molecule has 174 valence electrons. The fourth-order valence-electron chi connectivity index (χ4n) is 3.70. The van der Waals surface area contributed by atoms with Gasteiger partial charge >= 0.3 is 5.97 Å². The molecule has 2 heterocycles. The van der Waals surface area contributed by atoms with E-state index in [-0.39, 0.29) is 36.4 Å². The number of hydrogen-bond acceptors (Lipinski definition) is 7. The summed E-state index contributed by atoms with van der Waals surface area (Å²) >= 11 is 1.39. The highest BCUT2D eigenvalue weighted by molar-refractivity contribution is 7.91. The molecular weight excluding hydrogens is 448 g/mol. The molecule has 0 spiro atoms. The first-order valence-electron chi connectivity index (χ1n) is 11.1. The van der Waals surface area contributed by atoms with Gasteiger partial charge in [0.15, 0.2) is 21.6 Å². The van der Waals surface area contributed by atoms with Crippen LogP contribution in [0.1, 0.15) is 45.4 Å². The number of unbranched alkanes of at least 4 members (excludes halogenated alkanes) is 3. The molecule has 7 nitrogen and oxygen atoms in total. The average Bonchev–Trinajstić information content (AvgIpc) is 3.39. The Morgan fingerprint density at radius 2 is 1.97 bits per heavy atom. The Labute approximate surface area is 193 Å². The van der Waals surface area contributed by atoms with E-state index in [4.69, 9.17) is 4.74 Å². The fraction of sp³-hybridized carbons (Fsp3) is 0.522. The maximum absolute atomic E-state index is 12.9. The highest BCUT2D eigenvalue weighted by Crippen LogP contribution is 2.28. The van der Waals surface area contributed by atoms with E-state index < -0.39 is 15.8 Å². The zero-order valence-corrected chi connectivity index (χ0v) is 20.0. The molecule has 1 aromatic heterocycles.